The number of ether oxygens (including phenoxy) is 1. The number of aromatic nitrogens is 2. The lowest BCUT2D eigenvalue weighted by Gasteiger charge is -2.06. The van der Waals surface area contributed by atoms with Crippen molar-refractivity contribution in [3.8, 4) is 16.3 Å². The molecule has 2 aromatic rings. The first kappa shape index (κ1) is 14.0. The Bertz CT molecular complexity index is 618. The Hall–Kier alpha value is -1.95. The van der Waals surface area contributed by atoms with Crippen LogP contribution in [0.15, 0.2) is 24.3 Å². The molecular weight excluding hydrogens is 286 g/mol. The van der Waals surface area contributed by atoms with E-state index in [1.165, 1.54) is 11.3 Å². The van der Waals surface area contributed by atoms with Crippen LogP contribution < -0.4 is 10.1 Å². The lowest BCUT2D eigenvalue weighted by molar-refractivity contribution is -0.119. The molecule has 1 aliphatic carbocycles. The van der Waals surface area contributed by atoms with Crippen molar-refractivity contribution in [3.05, 3.63) is 24.3 Å². The molecule has 0 aliphatic heterocycles. The maximum atomic E-state index is 12.1. The molecule has 1 N–H and O–H groups in total. The Balaban J connectivity index is 1.68. The topological polar surface area (TPSA) is 64.1 Å². The maximum Gasteiger partial charge on any atom is 0.229 e. The lowest BCUT2D eigenvalue weighted by atomic mass is 10.1. The average Bonchev–Trinajstić information content (AvgIpc) is 3.19. The number of methoxy groups -OCH3 is 1. The van der Waals surface area contributed by atoms with Crippen molar-refractivity contribution in [2.75, 3.05) is 12.4 Å². The zero-order chi connectivity index (χ0) is 14.7. The third-order valence-corrected chi connectivity index (χ3v) is 4.61. The number of nitrogens with one attached hydrogen (secondary N) is 1. The summed E-state index contributed by atoms with van der Waals surface area (Å²) in [5, 5.41) is 12.4. The van der Waals surface area contributed by atoms with Crippen molar-refractivity contribution in [2.24, 2.45) is 5.92 Å². The predicted octanol–water partition coefficient (Wildman–Crippen LogP) is 3.34. The van der Waals surface area contributed by atoms with Crippen LogP contribution in [0.2, 0.25) is 0 Å². The van der Waals surface area contributed by atoms with E-state index in [4.69, 9.17) is 4.74 Å². The highest BCUT2D eigenvalue weighted by atomic mass is 32.1. The average molecular weight is 303 g/mol. The second-order valence-electron chi connectivity index (χ2n) is 5.11. The zero-order valence-electron chi connectivity index (χ0n) is 11.8. The van der Waals surface area contributed by atoms with Crippen molar-refractivity contribution in [2.45, 2.75) is 25.7 Å². The number of anilines is 1. The van der Waals surface area contributed by atoms with Gasteiger partial charge < -0.3 is 10.1 Å². The zero-order valence-corrected chi connectivity index (χ0v) is 12.7. The standard InChI is InChI=1S/C15H17N3O2S/c1-20-12-8-6-11(7-9-12)14-17-18-15(21-14)16-13(19)10-4-2-3-5-10/h6-10H,2-5H2,1H3,(H,16,18,19). The minimum atomic E-state index is 0.0740. The number of carbonyl (C=O) groups excluding carboxylic acids is 1. The van der Waals surface area contributed by atoms with Gasteiger partial charge in [-0.2, -0.15) is 0 Å². The smallest absolute Gasteiger partial charge is 0.229 e. The number of benzene rings is 1. The highest BCUT2D eigenvalue weighted by Crippen LogP contribution is 2.30. The summed E-state index contributed by atoms with van der Waals surface area (Å²) in [5.41, 5.74) is 0.967. The second-order valence-corrected chi connectivity index (χ2v) is 6.09. The normalized spacial score (nSPS) is 15.1. The van der Waals surface area contributed by atoms with Gasteiger partial charge >= 0.3 is 0 Å². The van der Waals surface area contributed by atoms with Crippen LogP contribution in [0, 0.1) is 5.92 Å². The van der Waals surface area contributed by atoms with E-state index in [0.717, 1.165) is 42.0 Å². The van der Waals surface area contributed by atoms with Crippen LogP contribution in [0.25, 0.3) is 10.6 Å². The largest absolute Gasteiger partial charge is 0.497 e. The van der Waals surface area contributed by atoms with Crippen molar-refractivity contribution in [1.82, 2.24) is 10.2 Å². The van der Waals surface area contributed by atoms with E-state index in [-0.39, 0.29) is 11.8 Å². The van der Waals surface area contributed by atoms with Gasteiger partial charge in [0.1, 0.15) is 10.8 Å². The molecule has 3 rings (SSSR count). The molecule has 0 radical (unpaired) electrons. The Morgan fingerprint density at radius 1 is 1.24 bits per heavy atom. The first-order valence-electron chi connectivity index (χ1n) is 7.05. The monoisotopic (exact) mass is 303 g/mol. The Morgan fingerprint density at radius 3 is 2.62 bits per heavy atom. The molecule has 1 fully saturated rings. The molecule has 1 amide bonds. The number of hydrogen-bond acceptors (Lipinski definition) is 5. The molecule has 21 heavy (non-hydrogen) atoms. The van der Waals surface area contributed by atoms with Gasteiger partial charge in [0.2, 0.25) is 11.0 Å². The molecule has 0 bridgehead atoms. The molecule has 110 valence electrons. The van der Waals surface area contributed by atoms with Gasteiger partial charge in [0, 0.05) is 11.5 Å². The molecule has 1 aromatic heterocycles. The summed E-state index contributed by atoms with van der Waals surface area (Å²) in [6.45, 7) is 0. The van der Waals surface area contributed by atoms with Crippen LogP contribution in [-0.2, 0) is 4.79 Å². The van der Waals surface area contributed by atoms with Crippen LogP contribution in [0.3, 0.4) is 0 Å². The van der Waals surface area contributed by atoms with Crippen LogP contribution in [0.4, 0.5) is 5.13 Å². The van der Waals surface area contributed by atoms with Gasteiger partial charge in [-0.3, -0.25) is 4.79 Å². The van der Waals surface area contributed by atoms with Gasteiger partial charge in [0.05, 0.1) is 7.11 Å². The molecule has 0 unspecified atom stereocenters. The van der Waals surface area contributed by atoms with Gasteiger partial charge in [-0.25, -0.2) is 0 Å². The van der Waals surface area contributed by atoms with E-state index in [2.05, 4.69) is 15.5 Å². The molecule has 1 saturated carbocycles. The van der Waals surface area contributed by atoms with Gasteiger partial charge in [-0.15, -0.1) is 10.2 Å². The number of rotatable bonds is 4. The van der Waals surface area contributed by atoms with Crippen molar-refractivity contribution in [1.29, 1.82) is 0 Å². The lowest BCUT2D eigenvalue weighted by Crippen LogP contribution is -2.20. The fourth-order valence-electron chi connectivity index (χ4n) is 2.52. The van der Waals surface area contributed by atoms with Gasteiger partial charge in [-0.1, -0.05) is 24.2 Å². The van der Waals surface area contributed by atoms with E-state index in [9.17, 15) is 4.79 Å². The van der Waals surface area contributed by atoms with E-state index >= 15 is 0 Å². The second kappa shape index (κ2) is 6.22. The van der Waals surface area contributed by atoms with Crippen molar-refractivity contribution >= 4 is 22.4 Å². The fraction of sp³-hybridized carbons (Fsp3) is 0.400. The van der Waals surface area contributed by atoms with E-state index in [1.807, 2.05) is 24.3 Å². The van der Waals surface area contributed by atoms with E-state index in [0.29, 0.717) is 5.13 Å². The Kier molecular flexibility index (Phi) is 4.15. The summed E-state index contributed by atoms with van der Waals surface area (Å²) in [6, 6.07) is 7.63. The number of carbonyl (C=O) groups is 1. The number of hydrogen-bond donors (Lipinski definition) is 1. The summed E-state index contributed by atoms with van der Waals surface area (Å²) < 4.78 is 5.13. The molecular formula is C15H17N3O2S. The summed E-state index contributed by atoms with van der Waals surface area (Å²) in [5.74, 6) is 1.02. The maximum absolute atomic E-state index is 12.1. The first-order valence-corrected chi connectivity index (χ1v) is 7.86. The molecule has 1 aliphatic rings. The van der Waals surface area contributed by atoms with Crippen LogP contribution >= 0.6 is 11.3 Å². The van der Waals surface area contributed by atoms with Crippen molar-refractivity contribution in [3.63, 3.8) is 0 Å². The Morgan fingerprint density at radius 2 is 1.95 bits per heavy atom. The van der Waals surface area contributed by atoms with Crippen LogP contribution in [0.1, 0.15) is 25.7 Å². The fourth-order valence-corrected chi connectivity index (χ4v) is 3.27. The van der Waals surface area contributed by atoms with Gasteiger partial charge in [-0.05, 0) is 37.1 Å². The minimum absolute atomic E-state index is 0.0740. The quantitative estimate of drug-likeness (QED) is 0.941. The Labute approximate surface area is 127 Å². The van der Waals surface area contributed by atoms with Crippen LogP contribution in [0.5, 0.6) is 5.75 Å². The summed E-state index contributed by atoms with van der Waals surface area (Å²) in [4.78, 5) is 12.1. The molecule has 0 saturated heterocycles. The molecule has 1 heterocycles. The number of amides is 1. The minimum Gasteiger partial charge on any atom is -0.497 e. The molecule has 1 aromatic carbocycles. The highest BCUT2D eigenvalue weighted by molar-refractivity contribution is 7.18. The summed E-state index contributed by atoms with van der Waals surface area (Å²) in [7, 11) is 1.64. The van der Waals surface area contributed by atoms with E-state index < -0.39 is 0 Å². The molecule has 6 heteroatoms. The molecule has 0 atom stereocenters. The summed E-state index contributed by atoms with van der Waals surface area (Å²) in [6.07, 6.45) is 4.25. The molecule has 5 nitrogen and oxygen atoms in total. The van der Waals surface area contributed by atoms with Crippen molar-refractivity contribution < 1.29 is 9.53 Å². The third-order valence-electron chi connectivity index (χ3n) is 3.72. The first-order chi connectivity index (χ1) is 10.3. The highest BCUT2D eigenvalue weighted by Gasteiger charge is 2.23. The predicted molar refractivity (Wildman–Crippen MR) is 82.5 cm³/mol. The van der Waals surface area contributed by atoms with Crippen LogP contribution in [-0.4, -0.2) is 23.2 Å². The van der Waals surface area contributed by atoms with E-state index in [1.54, 1.807) is 7.11 Å². The molecule has 0 spiro atoms. The third kappa shape index (κ3) is 3.21. The van der Waals surface area contributed by atoms with Gasteiger partial charge in [0.15, 0.2) is 0 Å². The van der Waals surface area contributed by atoms with Gasteiger partial charge in [0.25, 0.3) is 0 Å². The number of nitrogens with zero attached hydrogens (tertiary/aromatic N) is 2. The SMILES string of the molecule is COc1ccc(-c2nnc(NC(=O)C3CCCC3)s2)cc1. The summed E-state index contributed by atoms with van der Waals surface area (Å²) >= 11 is 1.39.